The number of hydrogen-bond acceptors (Lipinski definition) is 6. The molecule has 1 aliphatic heterocycles. The van der Waals surface area contributed by atoms with Crippen LogP contribution in [0, 0.1) is 0 Å². The normalized spacial score (nSPS) is 15.0. The molecule has 3 heterocycles. The second-order valence-electron chi connectivity index (χ2n) is 6.05. The molecule has 3 rings (SSSR count). The topological polar surface area (TPSA) is 79.2 Å². The van der Waals surface area contributed by atoms with Gasteiger partial charge in [0, 0.05) is 46.0 Å². The number of aromatic nitrogens is 4. The Morgan fingerprint density at radius 3 is 2.88 bits per heavy atom. The first-order valence-corrected chi connectivity index (χ1v) is 8.14. The summed E-state index contributed by atoms with van der Waals surface area (Å²) in [7, 11) is 3.75. The number of piperazine rings is 1. The van der Waals surface area contributed by atoms with Crippen LogP contribution in [0.1, 0.15) is 12.0 Å². The summed E-state index contributed by atoms with van der Waals surface area (Å²) in [6.45, 7) is 2.71. The molecule has 2 aromatic heterocycles. The molecule has 0 atom stereocenters. The Morgan fingerprint density at radius 1 is 1.25 bits per heavy atom. The summed E-state index contributed by atoms with van der Waals surface area (Å²) in [5, 5.41) is 7.49. The highest BCUT2D eigenvalue weighted by Crippen LogP contribution is 2.16. The molecule has 8 heteroatoms. The minimum Gasteiger partial charge on any atom is -0.370 e. The maximum Gasteiger partial charge on any atom is 0.241 e. The van der Waals surface area contributed by atoms with E-state index in [9.17, 15) is 4.79 Å². The van der Waals surface area contributed by atoms with Crippen molar-refractivity contribution in [2.75, 3.05) is 43.4 Å². The standard InChI is InChI=1S/C16H23N7O/c1-21-6-7-23(11-16(21)24)15-8-14(18-12-19-15)17-5-3-4-13-9-20-22(2)10-13/h8-10,12H,3-7,11H2,1-2H3,(H,17,18,19). The van der Waals surface area contributed by atoms with Crippen molar-refractivity contribution in [3.63, 3.8) is 0 Å². The van der Waals surface area contributed by atoms with Crippen molar-refractivity contribution in [2.24, 2.45) is 7.05 Å². The number of nitrogens with zero attached hydrogens (tertiary/aromatic N) is 6. The maximum absolute atomic E-state index is 11.8. The average Bonchev–Trinajstić information content (AvgIpc) is 3.00. The molecule has 1 saturated heterocycles. The molecular weight excluding hydrogens is 306 g/mol. The van der Waals surface area contributed by atoms with Gasteiger partial charge in [-0.25, -0.2) is 9.97 Å². The lowest BCUT2D eigenvalue weighted by Crippen LogP contribution is -2.48. The number of carbonyl (C=O) groups is 1. The lowest BCUT2D eigenvalue weighted by molar-refractivity contribution is -0.129. The van der Waals surface area contributed by atoms with E-state index in [0.717, 1.165) is 44.1 Å². The predicted octanol–water partition coefficient (Wildman–Crippen LogP) is 0.533. The van der Waals surface area contributed by atoms with Gasteiger partial charge in [-0.1, -0.05) is 0 Å². The summed E-state index contributed by atoms with van der Waals surface area (Å²) in [4.78, 5) is 24.1. The molecular formula is C16H23N7O. The van der Waals surface area contributed by atoms with Gasteiger partial charge in [0.05, 0.1) is 12.7 Å². The van der Waals surface area contributed by atoms with Gasteiger partial charge in [0.2, 0.25) is 5.91 Å². The number of nitrogens with one attached hydrogen (secondary N) is 1. The molecule has 1 N–H and O–H groups in total. The van der Waals surface area contributed by atoms with Crippen LogP contribution in [0.15, 0.2) is 24.8 Å². The minimum absolute atomic E-state index is 0.117. The Balaban J connectivity index is 1.50. The monoisotopic (exact) mass is 329 g/mol. The van der Waals surface area contributed by atoms with Crippen molar-refractivity contribution in [3.05, 3.63) is 30.4 Å². The van der Waals surface area contributed by atoms with Crippen LogP contribution < -0.4 is 10.2 Å². The largest absolute Gasteiger partial charge is 0.370 e. The third kappa shape index (κ3) is 4.01. The Morgan fingerprint density at radius 2 is 2.12 bits per heavy atom. The predicted molar refractivity (Wildman–Crippen MR) is 91.9 cm³/mol. The van der Waals surface area contributed by atoms with Crippen molar-refractivity contribution >= 4 is 17.5 Å². The molecule has 1 fully saturated rings. The fourth-order valence-corrected chi connectivity index (χ4v) is 2.68. The van der Waals surface area contributed by atoms with E-state index in [0.29, 0.717) is 6.54 Å². The lowest BCUT2D eigenvalue weighted by atomic mass is 10.2. The number of amides is 1. The third-order valence-corrected chi connectivity index (χ3v) is 4.14. The smallest absolute Gasteiger partial charge is 0.241 e. The molecule has 0 unspecified atom stereocenters. The molecule has 0 saturated carbocycles. The quantitative estimate of drug-likeness (QED) is 0.779. The van der Waals surface area contributed by atoms with Crippen molar-refractivity contribution in [1.29, 1.82) is 0 Å². The van der Waals surface area contributed by atoms with Crippen molar-refractivity contribution in [3.8, 4) is 0 Å². The maximum atomic E-state index is 11.8. The summed E-state index contributed by atoms with van der Waals surface area (Å²) in [6, 6.07) is 1.91. The fourth-order valence-electron chi connectivity index (χ4n) is 2.68. The molecule has 1 amide bonds. The van der Waals surface area contributed by atoms with Crippen LogP contribution >= 0.6 is 0 Å². The van der Waals surface area contributed by atoms with Crippen molar-refractivity contribution < 1.29 is 4.79 Å². The second kappa shape index (κ2) is 7.29. The first-order chi connectivity index (χ1) is 11.6. The molecule has 1 aliphatic rings. The van der Waals surface area contributed by atoms with E-state index < -0.39 is 0 Å². The Bertz CT molecular complexity index is 699. The number of hydrogen-bond donors (Lipinski definition) is 1. The highest BCUT2D eigenvalue weighted by atomic mass is 16.2. The molecule has 8 nitrogen and oxygen atoms in total. The fraction of sp³-hybridized carbons (Fsp3) is 0.500. The molecule has 24 heavy (non-hydrogen) atoms. The lowest BCUT2D eigenvalue weighted by Gasteiger charge is -2.32. The van der Waals surface area contributed by atoms with E-state index >= 15 is 0 Å². The summed E-state index contributed by atoms with van der Waals surface area (Å²) >= 11 is 0. The van der Waals surface area contributed by atoms with Gasteiger partial charge in [-0.3, -0.25) is 9.48 Å². The van der Waals surface area contributed by atoms with Gasteiger partial charge < -0.3 is 15.1 Å². The third-order valence-electron chi connectivity index (χ3n) is 4.14. The van der Waals surface area contributed by atoms with Gasteiger partial charge >= 0.3 is 0 Å². The zero-order chi connectivity index (χ0) is 16.9. The highest BCUT2D eigenvalue weighted by Gasteiger charge is 2.22. The zero-order valence-corrected chi connectivity index (χ0v) is 14.1. The molecule has 0 spiro atoms. The van der Waals surface area contributed by atoms with Gasteiger partial charge in [0.1, 0.15) is 18.0 Å². The van der Waals surface area contributed by atoms with E-state index in [-0.39, 0.29) is 5.91 Å². The summed E-state index contributed by atoms with van der Waals surface area (Å²) in [6.07, 6.45) is 7.45. The minimum atomic E-state index is 0.117. The van der Waals surface area contributed by atoms with E-state index in [1.807, 2.05) is 42.1 Å². The number of likely N-dealkylation sites (N-methyl/N-ethyl adjacent to an activating group) is 1. The molecule has 0 aromatic carbocycles. The molecule has 0 bridgehead atoms. The Labute approximate surface area is 141 Å². The van der Waals surface area contributed by atoms with E-state index in [2.05, 4.69) is 20.4 Å². The second-order valence-corrected chi connectivity index (χ2v) is 6.05. The van der Waals surface area contributed by atoms with Gasteiger partial charge in [0.25, 0.3) is 0 Å². The van der Waals surface area contributed by atoms with Crippen LogP contribution in [0.3, 0.4) is 0 Å². The van der Waals surface area contributed by atoms with E-state index in [1.54, 1.807) is 11.2 Å². The summed E-state index contributed by atoms with van der Waals surface area (Å²) in [5.41, 5.74) is 1.23. The van der Waals surface area contributed by atoms with Gasteiger partial charge in [-0.05, 0) is 18.4 Å². The van der Waals surface area contributed by atoms with Crippen molar-refractivity contribution in [1.82, 2.24) is 24.6 Å². The van der Waals surface area contributed by atoms with Crippen LogP contribution in [-0.4, -0.2) is 63.8 Å². The number of carbonyl (C=O) groups excluding carboxylic acids is 1. The van der Waals surface area contributed by atoms with Gasteiger partial charge in [-0.2, -0.15) is 5.10 Å². The molecule has 0 aliphatic carbocycles. The average molecular weight is 329 g/mol. The number of anilines is 2. The van der Waals surface area contributed by atoms with Crippen molar-refractivity contribution in [2.45, 2.75) is 12.8 Å². The van der Waals surface area contributed by atoms with Crippen LogP contribution in [0.5, 0.6) is 0 Å². The molecule has 2 aromatic rings. The number of aryl methyl sites for hydroxylation is 2. The van der Waals surface area contributed by atoms with Crippen LogP contribution in [-0.2, 0) is 18.3 Å². The van der Waals surface area contributed by atoms with Crippen LogP contribution in [0.2, 0.25) is 0 Å². The first-order valence-electron chi connectivity index (χ1n) is 8.14. The highest BCUT2D eigenvalue weighted by molar-refractivity contribution is 5.82. The number of rotatable bonds is 6. The van der Waals surface area contributed by atoms with Gasteiger partial charge in [-0.15, -0.1) is 0 Å². The Kier molecular flexibility index (Phi) is 4.93. The van der Waals surface area contributed by atoms with Gasteiger partial charge in [0.15, 0.2) is 0 Å². The first kappa shape index (κ1) is 16.2. The molecule has 0 radical (unpaired) electrons. The van der Waals surface area contributed by atoms with E-state index in [4.69, 9.17) is 0 Å². The van der Waals surface area contributed by atoms with Crippen LogP contribution in [0.4, 0.5) is 11.6 Å². The SMILES string of the molecule is CN1CCN(c2cc(NCCCc3cnn(C)c3)ncn2)CC1=O. The zero-order valence-electron chi connectivity index (χ0n) is 14.1. The van der Waals surface area contributed by atoms with Crippen LogP contribution in [0.25, 0.3) is 0 Å². The Hall–Kier alpha value is -2.64. The molecule has 128 valence electrons. The summed E-state index contributed by atoms with van der Waals surface area (Å²) in [5.74, 6) is 1.70. The summed E-state index contributed by atoms with van der Waals surface area (Å²) < 4.78 is 1.82. The van der Waals surface area contributed by atoms with E-state index in [1.165, 1.54) is 5.56 Å².